The van der Waals surface area contributed by atoms with Crippen molar-refractivity contribution in [2.24, 2.45) is 0 Å². The van der Waals surface area contributed by atoms with E-state index in [1.165, 1.54) is 59.8 Å². The van der Waals surface area contributed by atoms with Crippen LogP contribution in [0, 0.1) is 5.41 Å². The van der Waals surface area contributed by atoms with Crippen LogP contribution in [0.2, 0.25) is 0 Å². The Kier molecular flexibility index (Phi) is 4.86. The molecule has 1 nitrogen and oxygen atoms in total. The highest BCUT2D eigenvalue weighted by Gasteiger charge is 2.10. The molecule has 0 bridgehead atoms. The zero-order valence-electron chi connectivity index (χ0n) is 18.0. The van der Waals surface area contributed by atoms with Crippen LogP contribution >= 0.6 is 11.3 Å². The van der Waals surface area contributed by atoms with E-state index in [0.717, 1.165) is 5.56 Å². The summed E-state index contributed by atoms with van der Waals surface area (Å²) < 4.78 is 2.49. The number of fused-ring (bicyclic) bond motifs is 3. The minimum Gasteiger partial charge on any atom is -0.308 e. The second-order valence-corrected chi connectivity index (χ2v) is 9.29. The topological polar surface area (TPSA) is 23.9 Å². The summed E-state index contributed by atoms with van der Waals surface area (Å²) in [5.41, 5.74) is 8.27. The standard InChI is InChI=1S/C31H21NS/c32-20-27-10-5-11-30-31(27)28-19-26(16-17-29(28)33-30)23-14-12-22(13-15-23)25-9-4-8-24(18-25)21-6-2-1-3-7-21/h1-20,32H. The van der Waals surface area contributed by atoms with Gasteiger partial charge in [0.05, 0.1) is 0 Å². The Hall–Kier alpha value is -4.01. The van der Waals surface area contributed by atoms with Crippen molar-refractivity contribution < 1.29 is 0 Å². The van der Waals surface area contributed by atoms with Gasteiger partial charge in [0.2, 0.25) is 0 Å². The molecule has 0 aliphatic heterocycles. The van der Waals surface area contributed by atoms with Gasteiger partial charge >= 0.3 is 0 Å². The molecule has 1 N–H and O–H groups in total. The molecule has 0 fully saturated rings. The SMILES string of the molecule is N=Cc1cccc2sc3ccc(-c4ccc(-c5cccc(-c6ccccc6)c5)cc4)cc3c12. The van der Waals surface area contributed by atoms with Crippen molar-refractivity contribution in [1.29, 1.82) is 5.41 Å². The number of nitrogens with one attached hydrogen (secondary N) is 1. The van der Waals surface area contributed by atoms with E-state index < -0.39 is 0 Å². The first kappa shape index (κ1) is 19.7. The molecule has 0 aliphatic carbocycles. The highest BCUT2D eigenvalue weighted by atomic mass is 32.1. The van der Waals surface area contributed by atoms with Gasteiger partial charge < -0.3 is 5.41 Å². The molecular weight excluding hydrogens is 418 g/mol. The lowest BCUT2D eigenvalue weighted by molar-refractivity contribution is 1.56. The van der Waals surface area contributed by atoms with Crippen LogP contribution in [0.1, 0.15) is 5.56 Å². The summed E-state index contributed by atoms with van der Waals surface area (Å²) in [4.78, 5) is 0. The maximum absolute atomic E-state index is 7.81. The molecule has 0 spiro atoms. The fourth-order valence-corrected chi connectivity index (χ4v) is 5.64. The summed E-state index contributed by atoms with van der Waals surface area (Å²) in [6, 6.07) is 40.9. The van der Waals surface area contributed by atoms with E-state index in [9.17, 15) is 0 Å². The zero-order valence-corrected chi connectivity index (χ0v) is 18.8. The Morgan fingerprint density at radius 3 is 1.76 bits per heavy atom. The van der Waals surface area contributed by atoms with Crippen molar-refractivity contribution >= 4 is 37.7 Å². The van der Waals surface area contributed by atoms with E-state index in [0.29, 0.717) is 0 Å². The van der Waals surface area contributed by atoms with Crippen LogP contribution in [0.25, 0.3) is 53.6 Å². The highest BCUT2D eigenvalue weighted by molar-refractivity contribution is 7.25. The third kappa shape index (κ3) is 3.55. The van der Waals surface area contributed by atoms with Crippen LogP contribution in [0.4, 0.5) is 0 Å². The quantitative estimate of drug-likeness (QED) is 0.265. The summed E-state index contributed by atoms with van der Waals surface area (Å²) in [6.07, 6.45) is 1.46. The molecule has 0 amide bonds. The molecule has 156 valence electrons. The highest BCUT2D eigenvalue weighted by Crippen LogP contribution is 2.38. The smallest absolute Gasteiger partial charge is 0.0361 e. The van der Waals surface area contributed by atoms with Crippen molar-refractivity contribution in [3.05, 3.63) is 121 Å². The monoisotopic (exact) mass is 439 g/mol. The van der Waals surface area contributed by atoms with Gasteiger partial charge in [-0.2, -0.15) is 0 Å². The molecule has 0 unspecified atom stereocenters. The molecular formula is C31H21NS. The van der Waals surface area contributed by atoms with Crippen LogP contribution in [0.3, 0.4) is 0 Å². The first-order valence-corrected chi connectivity index (χ1v) is 11.8. The minimum atomic E-state index is 0.976. The largest absolute Gasteiger partial charge is 0.308 e. The summed E-state index contributed by atoms with van der Waals surface area (Å²) >= 11 is 1.79. The maximum atomic E-state index is 7.81. The molecule has 1 heterocycles. The van der Waals surface area contributed by atoms with Gasteiger partial charge in [0.25, 0.3) is 0 Å². The van der Waals surface area contributed by atoms with Gasteiger partial charge in [0.15, 0.2) is 0 Å². The van der Waals surface area contributed by atoms with Crippen molar-refractivity contribution in [3.63, 3.8) is 0 Å². The van der Waals surface area contributed by atoms with Crippen molar-refractivity contribution in [3.8, 4) is 33.4 Å². The summed E-state index contributed by atoms with van der Waals surface area (Å²) in [6.45, 7) is 0. The van der Waals surface area contributed by atoms with Crippen molar-refractivity contribution in [2.45, 2.75) is 0 Å². The predicted octanol–water partition coefficient (Wildman–Crippen LogP) is 9.05. The average Bonchev–Trinajstić information content (AvgIpc) is 3.27. The first-order chi connectivity index (χ1) is 16.3. The summed E-state index contributed by atoms with van der Waals surface area (Å²) in [5, 5.41) is 10.2. The Balaban J connectivity index is 1.38. The van der Waals surface area contributed by atoms with Crippen LogP contribution in [-0.2, 0) is 0 Å². The molecule has 1 aromatic heterocycles. The van der Waals surface area contributed by atoms with Crippen LogP contribution in [-0.4, -0.2) is 6.21 Å². The normalized spacial score (nSPS) is 11.2. The molecule has 2 heteroatoms. The maximum Gasteiger partial charge on any atom is 0.0361 e. The van der Waals surface area contributed by atoms with E-state index in [1.807, 2.05) is 18.2 Å². The number of rotatable bonds is 4. The van der Waals surface area contributed by atoms with E-state index in [-0.39, 0.29) is 0 Å². The second-order valence-electron chi connectivity index (χ2n) is 8.20. The molecule has 6 rings (SSSR count). The van der Waals surface area contributed by atoms with Gasteiger partial charge in [-0.15, -0.1) is 11.3 Å². The Bertz CT molecular complexity index is 1610. The molecule has 0 saturated heterocycles. The lowest BCUT2D eigenvalue weighted by Gasteiger charge is -2.08. The Morgan fingerprint density at radius 2 is 1.06 bits per heavy atom. The van der Waals surface area contributed by atoms with Crippen LogP contribution in [0.5, 0.6) is 0 Å². The molecule has 6 aromatic rings. The van der Waals surface area contributed by atoms with Gasteiger partial charge in [-0.05, 0) is 57.6 Å². The van der Waals surface area contributed by atoms with Crippen LogP contribution in [0.15, 0.2) is 115 Å². The van der Waals surface area contributed by atoms with Crippen LogP contribution < -0.4 is 0 Å². The number of benzene rings is 5. The predicted molar refractivity (Wildman–Crippen MR) is 144 cm³/mol. The van der Waals surface area contributed by atoms with Gasteiger partial charge in [-0.1, -0.05) is 91.0 Å². The molecule has 0 radical (unpaired) electrons. The molecule has 0 saturated carbocycles. The molecule has 33 heavy (non-hydrogen) atoms. The van der Waals surface area contributed by atoms with Gasteiger partial charge in [0, 0.05) is 32.0 Å². The molecule has 0 atom stereocenters. The lowest BCUT2D eigenvalue weighted by atomic mass is 9.96. The number of hydrogen-bond donors (Lipinski definition) is 1. The Morgan fingerprint density at radius 1 is 0.485 bits per heavy atom. The fourth-order valence-electron chi connectivity index (χ4n) is 4.52. The Labute approximate surface area is 197 Å². The first-order valence-electron chi connectivity index (χ1n) is 11.0. The van der Waals surface area contributed by atoms with Crippen molar-refractivity contribution in [2.75, 3.05) is 0 Å². The van der Waals surface area contributed by atoms with Gasteiger partial charge in [-0.3, -0.25) is 0 Å². The number of thiophene rings is 1. The summed E-state index contributed by atoms with van der Waals surface area (Å²) in [7, 11) is 0. The molecule has 5 aromatic carbocycles. The van der Waals surface area contributed by atoms with E-state index in [2.05, 4.69) is 97.1 Å². The van der Waals surface area contributed by atoms with E-state index >= 15 is 0 Å². The number of hydrogen-bond acceptors (Lipinski definition) is 2. The summed E-state index contributed by atoms with van der Waals surface area (Å²) in [5.74, 6) is 0. The average molecular weight is 440 g/mol. The third-order valence-electron chi connectivity index (χ3n) is 6.20. The van der Waals surface area contributed by atoms with Gasteiger partial charge in [0.1, 0.15) is 0 Å². The zero-order chi connectivity index (χ0) is 22.2. The van der Waals surface area contributed by atoms with Crippen molar-refractivity contribution in [1.82, 2.24) is 0 Å². The van der Waals surface area contributed by atoms with Gasteiger partial charge in [-0.25, -0.2) is 0 Å². The third-order valence-corrected chi connectivity index (χ3v) is 7.34. The molecule has 0 aliphatic rings. The second kappa shape index (κ2) is 8.16. The van der Waals surface area contributed by atoms with E-state index in [4.69, 9.17) is 5.41 Å². The fraction of sp³-hybridized carbons (Fsp3) is 0. The minimum absolute atomic E-state index is 0.976. The lowest BCUT2D eigenvalue weighted by Crippen LogP contribution is -1.83. The van der Waals surface area contributed by atoms with E-state index in [1.54, 1.807) is 11.3 Å².